The summed E-state index contributed by atoms with van der Waals surface area (Å²) in [6.45, 7) is 8.70. The summed E-state index contributed by atoms with van der Waals surface area (Å²) in [6, 6.07) is 5.62. The Morgan fingerprint density at radius 2 is 1.88 bits per heavy atom. The fourth-order valence-corrected chi connectivity index (χ4v) is 3.44. The van der Waals surface area contributed by atoms with Crippen molar-refractivity contribution in [2.24, 2.45) is 5.92 Å². The number of rotatable bonds is 4. The molecule has 0 unspecified atom stereocenters. The lowest BCUT2D eigenvalue weighted by molar-refractivity contribution is -0.149. The molecule has 2 aromatic rings. The first-order valence-electron chi connectivity index (χ1n) is 8.91. The third-order valence-electron chi connectivity index (χ3n) is 5.05. The van der Waals surface area contributed by atoms with Crippen LogP contribution in [0, 0.1) is 19.8 Å². The maximum absolute atomic E-state index is 11.9. The Bertz CT molecular complexity index is 831. The highest BCUT2D eigenvalue weighted by atomic mass is 16.5. The van der Waals surface area contributed by atoms with E-state index in [2.05, 4.69) is 17.9 Å². The van der Waals surface area contributed by atoms with Gasteiger partial charge >= 0.3 is 11.6 Å². The van der Waals surface area contributed by atoms with E-state index in [-0.39, 0.29) is 17.5 Å². The van der Waals surface area contributed by atoms with Crippen LogP contribution in [-0.4, -0.2) is 30.6 Å². The van der Waals surface area contributed by atoms with Crippen molar-refractivity contribution in [2.45, 2.75) is 40.2 Å². The van der Waals surface area contributed by atoms with Crippen LogP contribution >= 0.6 is 0 Å². The van der Waals surface area contributed by atoms with Crippen LogP contribution in [0.5, 0.6) is 0 Å². The largest absolute Gasteiger partial charge is 0.466 e. The number of ether oxygens (including phenoxy) is 1. The lowest BCUT2D eigenvalue weighted by Gasteiger charge is -2.31. The number of esters is 1. The van der Waals surface area contributed by atoms with E-state index in [9.17, 15) is 9.59 Å². The predicted molar refractivity (Wildman–Crippen MR) is 96.6 cm³/mol. The molecule has 0 amide bonds. The van der Waals surface area contributed by atoms with Crippen LogP contribution in [0.3, 0.4) is 0 Å². The molecule has 1 fully saturated rings. The molecule has 1 aliphatic rings. The van der Waals surface area contributed by atoms with Gasteiger partial charge in [-0.05, 0) is 75.5 Å². The zero-order valence-corrected chi connectivity index (χ0v) is 15.1. The Labute approximate surface area is 147 Å². The maximum atomic E-state index is 11.9. The van der Waals surface area contributed by atoms with E-state index in [1.165, 1.54) is 5.56 Å². The minimum absolute atomic E-state index is 0.00122. The van der Waals surface area contributed by atoms with Crippen molar-refractivity contribution >= 4 is 16.9 Å². The van der Waals surface area contributed by atoms with E-state index in [1.54, 1.807) is 6.07 Å². The van der Waals surface area contributed by atoms with Gasteiger partial charge in [0.15, 0.2) is 0 Å². The van der Waals surface area contributed by atoms with Gasteiger partial charge in [-0.1, -0.05) is 0 Å². The quantitative estimate of drug-likeness (QED) is 0.630. The number of nitrogens with zero attached hydrogens (tertiary/aromatic N) is 1. The number of hydrogen-bond donors (Lipinski definition) is 0. The summed E-state index contributed by atoms with van der Waals surface area (Å²) in [7, 11) is 0. The molecule has 0 aliphatic carbocycles. The summed E-state index contributed by atoms with van der Waals surface area (Å²) in [5.74, 6) is -0.0854. The second kappa shape index (κ2) is 7.40. The van der Waals surface area contributed by atoms with E-state index in [1.807, 2.05) is 19.9 Å². The SMILES string of the molecule is CCOC(=O)C1CCN(Cc2cc(=O)oc3cc(C)c(C)cc23)CC1. The number of aryl methyl sites for hydroxylation is 2. The Kier molecular flexibility index (Phi) is 5.23. The molecule has 5 nitrogen and oxygen atoms in total. The molecule has 1 saturated heterocycles. The first-order valence-corrected chi connectivity index (χ1v) is 8.91. The minimum atomic E-state index is -0.313. The lowest BCUT2D eigenvalue weighted by atomic mass is 9.96. The second-order valence-electron chi connectivity index (χ2n) is 6.83. The standard InChI is InChI=1S/C20H25NO4/c1-4-24-20(23)15-5-7-21(8-6-15)12-16-11-19(22)25-18-10-14(3)13(2)9-17(16)18/h9-11,15H,4-8,12H2,1-3H3. The van der Waals surface area contributed by atoms with Gasteiger partial charge in [0.05, 0.1) is 12.5 Å². The van der Waals surface area contributed by atoms with Gasteiger partial charge in [0.25, 0.3) is 0 Å². The van der Waals surface area contributed by atoms with Crippen LogP contribution in [0.15, 0.2) is 27.4 Å². The molecular formula is C20H25NO4. The number of benzene rings is 1. The fourth-order valence-electron chi connectivity index (χ4n) is 3.44. The summed E-state index contributed by atoms with van der Waals surface area (Å²) >= 11 is 0. The monoisotopic (exact) mass is 343 g/mol. The Morgan fingerprint density at radius 1 is 1.20 bits per heavy atom. The van der Waals surface area contributed by atoms with Crippen LogP contribution in [0.4, 0.5) is 0 Å². The number of piperidine rings is 1. The smallest absolute Gasteiger partial charge is 0.336 e. The van der Waals surface area contributed by atoms with Crippen molar-refractivity contribution in [3.63, 3.8) is 0 Å². The van der Waals surface area contributed by atoms with Gasteiger partial charge in [0.1, 0.15) is 5.58 Å². The first kappa shape index (κ1) is 17.7. The van der Waals surface area contributed by atoms with Gasteiger partial charge < -0.3 is 9.15 Å². The Morgan fingerprint density at radius 3 is 2.56 bits per heavy atom. The van der Waals surface area contributed by atoms with Crippen molar-refractivity contribution in [1.82, 2.24) is 4.90 Å². The van der Waals surface area contributed by atoms with Crippen LogP contribution < -0.4 is 5.63 Å². The second-order valence-corrected chi connectivity index (χ2v) is 6.83. The molecular weight excluding hydrogens is 318 g/mol. The van der Waals surface area contributed by atoms with Gasteiger partial charge in [-0.3, -0.25) is 9.69 Å². The number of hydrogen-bond acceptors (Lipinski definition) is 5. The third kappa shape index (κ3) is 3.93. The number of carbonyl (C=O) groups is 1. The summed E-state index contributed by atoms with van der Waals surface area (Å²) in [5.41, 5.74) is 3.62. The van der Waals surface area contributed by atoms with Crippen LogP contribution in [0.25, 0.3) is 11.0 Å². The summed E-state index contributed by atoms with van der Waals surface area (Å²) in [5, 5.41) is 0.996. The molecule has 1 aliphatic heterocycles. The van der Waals surface area contributed by atoms with Gasteiger partial charge in [0, 0.05) is 18.0 Å². The average Bonchev–Trinajstić information content (AvgIpc) is 2.57. The molecule has 134 valence electrons. The van der Waals surface area contributed by atoms with E-state index in [0.29, 0.717) is 18.7 Å². The van der Waals surface area contributed by atoms with E-state index in [0.717, 1.165) is 42.4 Å². The molecule has 1 aromatic carbocycles. The molecule has 0 bridgehead atoms. The van der Waals surface area contributed by atoms with E-state index in [4.69, 9.17) is 9.15 Å². The van der Waals surface area contributed by atoms with Crippen molar-refractivity contribution in [1.29, 1.82) is 0 Å². The Hall–Kier alpha value is -2.14. The Balaban J connectivity index is 1.77. The van der Waals surface area contributed by atoms with Crippen molar-refractivity contribution in [2.75, 3.05) is 19.7 Å². The summed E-state index contributed by atoms with van der Waals surface area (Å²) < 4.78 is 10.5. The molecule has 0 N–H and O–H groups in total. The minimum Gasteiger partial charge on any atom is -0.466 e. The van der Waals surface area contributed by atoms with Crippen LogP contribution in [0.1, 0.15) is 36.5 Å². The highest BCUT2D eigenvalue weighted by Crippen LogP contribution is 2.25. The third-order valence-corrected chi connectivity index (χ3v) is 5.05. The summed E-state index contributed by atoms with van der Waals surface area (Å²) in [6.07, 6.45) is 1.60. The van der Waals surface area contributed by atoms with Crippen molar-refractivity contribution in [3.05, 3.63) is 45.3 Å². The molecule has 5 heteroatoms. The predicted octanol–water partition coefficient (Wildman–Crippen LogP) is 3.18. The molecule has 2 heterocycles. The highest BCUT2D eigenvalue weighted by molar-refractivity contribution is 5.81. The number of fused-ring (bicyclic) bond motifs is 1. The lowest BCUT2D eigenvalue weighted by Crippen LogP contribution is -2.36. The van der Waals surface area contributed by atoms with E-state index >= 15 is 0 Å². The maximum Gasteiger partial charge on any atom is 0.336 e. The van der Waals surface area contributed by atoms with E-state index < -0.39 is 0 Å². The zero-order valence-electron chi connectivity index (χ0n) is 15.1. The zero-order chi connectivity index (χ0) is 18.0. The molecule has 0 saturated carbocycles. The van der Waals surface area contributed by atoms with Gasteiger partial charge in [-0.2, -0.15) is 0 Å². The summed E-state index contributed by atoms with van der Waals surface area (Å²) in [4.78, 5) is 26.1. The molecule has 0 spiro atoms. The molecule has 25 heavy (non-hydrogen) atoms. The van der Waals surface area contributed by atoms with Gasteiger partial charge in [0.2, 0.25) is 0 Å². The number of carbonyl (C=O) groups excluding carboxylic acids is 1. The number of likely N-dealkylation sites (tertiary alicyclic amines) is 1. The highest BCUT2D eigenvalue weighted by Gasteiger charge is 2.26. The van der Waals surface area contributed by atoms with Crippen LogP contribution in [-0.2, 0) is 16.1 Å². The fraction of sp³-hybridized carbons (Fsp3) is 0.500. The van der Waals surface area contributed by atoms with Gasteiger partial charge in [-0.25, -0.2) is 4.79 Å². The van der Waals surface area contributed by atoms with Crippen molar-refractivity contribution < 1.29 is 13.9 Å². The topological polar surface area (TPSA) is 59.8 Å². The molecule has 0 atom stereocenters. The first-order chi connectivity index (χ1) is 12.0. The normalized spacial score (nSPS) is 16.3. The average molecular weight is 343 g/mol. The molecule has 0 radical (unpaired) electrons. The van der Waals surface area contributed by atoms with Crippen molar-refractivity contribution in [3.8, 4) is 0 Å². The molecule has 3 rings (SSSR count). The van der Waals surface area contributed by atoms with Gasteiger partial charge in [-0.15, -0.1) is 0 Å². The molecule has 1 aromatic heterocycles. The van der Waals surface area contributed by atoms with Crippen LogP contribution in [0.2, 0.25) is 0 Å².